The molecule has 7 heteroatoms. The van der Waals surface area contributed by atoms with Gasteiger partial charge in [0, 0.05) is 22.2 Å². The van der Waals surface area contributed by atoms with Crippen LogP contribution in [0.25, 0.3) is 0 Å². The van der Waals surface area contributed by atoms with E-state index in [2.05, 4.69) is 5.32 Å². The molecule has 3 aromatic rings. The van der Waals surface area contributed by atoms with Gasteiger partial charge >= 0.3 is 0 Å². The Kier molecular flexibility index (Phi) is 7.95. The number of nitrogens with zero attached hydrogens (tertiary/aromatic N) is 1. The van der Waals surface area contributed by atoms with Crippen molar-refractivity contribution in [3.63, 3.8) is 0 Å². The first-order valence-electron chi connectivity index (χ1n) is 11.7. The quantitative estimate of drug-likeness (QED) is 0.430. The first-order valence-corrected chi connectivity index (χ1v) is 12.6. The minimum atomic E-state index is -1.13. The lowest BCUT2D eigenvalue weighted by atomic mass is 10.0. The van der Waals surface area contributed by atoms with E-state index in [9.17, 15) is 9.59 Å². The van der Waals surface area contributed by atoms with E-state index in [-0.39, 0.29) is 29.8 Å². The molecule has 1 saturated carbocycles. The third-order valence-corrected chi connectivity index (χ3v) is 6.88. The number of benzene rings is 2. The number of hydrogen-bond donors (Lipinski definition) is 1. The van der Waals surface area contributed by atoms with Gasteiger partial charge in [0.25, 0.3) is 0 Å². The number of nitrogens with one attached hydrogen (secondary N) is 1. The van der Waals surface area contributed by atoms with E-state index >= 15 is 4.39 Å². The number of hydrogen-bond acceptors (Lipinski definition) is 4. The van der Waals surface area contributed by atoms with Crippen molar-refractivity contribution in [2.45, 2.75) is 51.1 Å². The Morgan fingerprint density at radius 1 is 1.09 bits per heavy atom. The Morgan fingerprint density at radius 2 is 1.82 bits per heavy atom. The number of ether oxygens (including phenoxy) is 1. The maximum absolute atomic E-state index is 15.1. The van der Waals surface area contributed by atoms with Crippen LogP contribution in [0.3, 0.4) is 0 Å². The van der Waals surface area contributed by atoms with E-state index in [1.165, 1.54) is 22.3 Å². The van der Waals surface area contributed by atoms with Crippen molar-refractivity contribution in [2.75, 3.05) is 11.5 Å². The fraction of sp³-hybridized carbons (Fsp3) is 0.333. The van der Waals surface area contributed by atoms with Gasteiger partial charge in [-0.25, -0.2) is 4.39 Å². The molecule has 1 aliphatic rings. The molecular weight excluding hydrogens is 451 g/mol. The number of carbonyl (C=O) groups is 2. The van der Waals surface area contributed by atoms with Gasteiger partial charge in [-0.3, -0.25) is 14.5 Å². The minimum Gasteiger partial charge on any atom is -0.494 e. The highest BCUT2D eigenvalue weighted by Crippen LogP contribution is 2.32. The number of carbonyl (C=O) groups excluding carboxylic acids is 2. The summed E-state index contributed by atoms with van der Waals surface area (Å²) in [7, 11) is 0. The summed E-state index contributed by atoms with van der Waals surface area (Å²) >= 11 is 1.48. The number of halogens is 1. The zero-order chi connectivity index (χ0) is 23.9. The van der Waals surface area contributed by atoms with Crippen molar-refractivity contribution in [3.05, 3.63) is 82.3 Å². The number of amides is 2. The summed E-state index contributed by atoms with van der Waals surface area (Å²) in [5, 5.41) is 4.99. The van der Waals surface area contributed by atoms with Crippen molar-refractivity contribution in [2.24, 2.45) is 0 Å². The van der Waals surface area contributed by atoms with E-state index in [0.717, 1.165) is 30.6 Å². The largest absolute Gasteiger partial charge is 0.494 e. The molecule has 0 aliphatic heterocycles. The summed E-state index contributed by atoms with van der Waals surface area (Å²) < 4.78 is 20.6. The van der Waals surface area contributed by atoms with Gasteiger partial charge in [0.1, 0.15) is 17.6 Å². The second kappa shape index (κ2) is 11.3. The zero-order valence-electron chi connectivity index (χ0n) is 19.2. The number of anilines is 1. The highest BCUT2D eigenvalue weighted by Gasteiger charge is 2.35. The first kappa shape index (κ1) is 24.0. The molecule has 2 aromatic carbocycles. The normalized spacial score (nSPS) is 14.5. The molecule has 0 spiro atoms. The van der Waals surface area contributed by atoms with Crippen LogP contribution >= 0.6 is 11.3 Å². The van der Waals surface area contributed by atoms with E-state index in [1.807, 2.05) is 24.4 Å². The topological polar surface area (TPSA) is 58.6 Å². The fourth-order valence-corrected chi connectivity index (χ4v) is 5.09. The van der Waals surface area contributed by atoms with Gasteiger partial charge in [0.05, 0.1) is 13.0 Å². The predicted molar refractivity (Wildman–Crippen MR) is 133 cm³/mol. The Hall–Kier alpha value is -3.19. The van der Waals surface area contributed by atoms with Crippen molar-refractivity contribution in [1.82, 2.24) is 5.32 Å². The van der Waals surface area contributed by atoms with Crippen molar-refractivity contribution in [3.8, 4) is 5.75 Å². The van der Waals surface area contributed by atoms with Crippen LogP contribution in [-0.4, -0.2) is 24.5 Å². The lowest BCUT2D eigenvalue weighted by Crippen LogP contribution is -2.47. The second-order valence-electron chi connectivity index (χ2n) is 8.36. The van der Waals surface area contributed by atoms with Gasteiger partial charge in [0.2, 0.25) is 11.8 Å². The van der Waals surface area contributed by atoms with Gasteiger partial charge in [-0.2, -0.15) is 0 Å². The maximum Gasteiger partial charge on any atom is 0.248 e. The van der Waals surface area contributed by atoms with Gasteiger partial charge in [-0.05, 0) is 61.5 Å². The molecule has 5 nitrogen and oxygen atoms in total. The average molecular weight is 481 g/mol. The third kappa shape index (κ3) is 5.65. The van der Waals surface area contributed by atoms with Gasteiger partial charge in [-0.15, -0.1) is 11.3 Å². The van der Waals surface area contributed by atoms with Gasteiger partial charge in [-0.1, -0.05) is 37.1 Å². The van der Waals surface area contributed by atoms with Crippen LogP contribution in [0.4, 0.5) is 10.1 Å². The molecule has 2 amide bonds. The Balaban J connectivity index is 1.76. The lowest BCUT2D eigenvalue weighted by Gasteiger charge is -2.32. The molecule has 0 unspecified atom stereocenters. The molecule has 1 atom stereocenters. The number of thiophene rings is 1. The highest BCUT2D eigenvalue weighted by molar-refractivity contribution is 7.10. The molecule has 0 bridgehead atoms. The average Bonchev–Trinajstić information content (AvgIpc) is 3.53. The molecule has 4 rings (SSSR count). The van der Waals surface area contributed by atoms with Crippen LogP contribution in [0.2, 0.25) is 0 Å². The van der Waals surface area contributed by atoms with E-state index < -0.39 is 11.9 Å². The van der Waals surface area contributed by atoms with Crippen LogP contribution < -0.4 is 15.0 Å². The Morgan fingerprint density at radius 3 is 2.47 bits per heavy atom. The minimum absolute atomic E-state index is 0.0383. The van der Waals surface area contributed by atoms with Crippen LogP contribution in [0.1, 0.15) is 49.1 Å². The van der Waals surface area contributed by atoms with Crippen LogP contribution in [0, 0.1) is 5.82 Å². The summed E-state index contributed by atoms with van der Waals surface area (Å²) in [4.78, 5) is 29.6. The van der Waals surface area contributed by atoms with Crippen LogP contribution in [-0.2, 0) is 16.0 Å². The van der Waals surface area contributed by atoms with Gasteiger partial charge < -0.3 is 10.1 Å². The summed E-state index contributed by atoms with van der Waals surface area (Å²) in [5.74, 6) is -0.504. The van der Waals surface area contributed by atoms with E-state index in [4.69, 9.17) is 4.74 Å². The maximum atomic E-state index is 15.1. The molecule has 0 saturated heterocycles. The van der Waals surface area contributed by atoms with Crippen molar-refractivity contribution < 1.29 is 18.7 Å². The lowest BCUT2D eigenvalue weighted by molar-refractivity contribution is -0.127. The standard InChI is InChI=1S/C27H29FN2O3S/c1-2-33-21-15-13-20(14-16-21)30(25(31)18-22-10-7-17-34-22)26(23-11-5-6-12-24(23)28)27(32)29-19-8-3-4-9-19/h5-7,10-17,19,26H,2-4,8-9,18H2,1H3,(H,29,32)/t26-/m1/s1. The summed E-state index contributed by atoms with van der Waals surface area (Å²) in [6.07, 6.45) is 4.00. The first-order chi connectivity index (χ1) is 16.6. The van der Waals surface area contributed by atoms with Crippen molar-refractivity contribution in [1.29, 1.82) is 0 Å². The summed E-state index contributed by atoms with van der Waals surface area (Å²) in [6, 6.07) is 15.9. The molecule has 1 aromatic heterocycles. The fourth-order valence-electron chi connectivity index (χ4n) is 4.40. The molecule has 0 radical (unpaired) electrons. The molecule has 178 valence electrons. The van der Waals surface area contributed by atoms with E-state index in [0.29, 0.717) is 18.0 Å². The molecule has 34 heavy (non-hydrogen) atoms. The molecular formula is C27H29FN2O3S. The smallest absolute Gasteiger partial charge is 0.248 e. The monoisotopic (exact) mass is 480 g/mol. The van der Waals surface area contributed by atoms with Crippen LogP contribution in [0.15, 0.2) is 66.0 Å². The Bertz CT molecular complexity index is 1100. The second-order valence-corrected chi connectivity index (χ2v) is 9.39. The Labute approximate surface area is 203 Å². The molecule has 1 N–H and O–H groups in total. The SMILES string of the molecule is CCOc1ccc(N(C(=O)Cc2cccs2)[C@@H](C(=O)NC2CCCC2)c2ccccc2F)cc1. The zero-order valence-corrected chi connectivity index (χ0v) is 20.0. The summed E-state index contributed by atoms with van der Waals surface area (Å²) in [5.41, 5.74) is 0.686. The predicted octanol–water partition coefficient (Wildman–Crippen LogP) is 5.66. The number of rotatable bonds is 9. The molecule has 1 aliphatic carbocycles. The van der Waals surface area contributed by atoms with Gasteiger partial charge in [0.15, 0.2) is 0 Å². The molecule has 1 fully saturated rings. The van der Waals surface area contributed by atoms with Crippen LogP contribution in [0.5, 0.6) is 5.75 Å². The third-order valence-electron chi connectivity index (χ3n) is 6.01. The van der Waals surface area contributed by atoms with Crippen molar-refractivity contribution >= 4 is 28.8 Å². The van der Waals surface area contributed by atoms with E-state index in [1.54, 1.807) is 42.5 Å². The molecule has 1 heterocycles. The highest BCUT2D eigenvalue weighted by atomic mass is 32.1. The summed E-state index contributed by atoms with van der Waals surface area (Å²) in [6.45, 7) is 2.41.